The smallest absolute Gasteiger partial charge is 0.230 e. The first kappa shape index (κ1) is 17.3. The van der Waals surface area contributed by atoms with E-state index >= 15 is 0 Å². The Labute approximate surface area is 155 Å². The van der Waals surface area contributed by atoms with Crippen LogP contribution >= 0.6 is 11.3 Å². The number of piperidine rings is 1. The molecule has 2 aromatic heterocycles. The summed E-state index contributed by atoms with van der Waals surface area (Å²) in [4.78, 5) is 8.19. The molecule has 0 bridgehead atoms. The number of aryl methyl sites for hydroxylation is 1. The van der Waals surface area contributed by atoms with Gasteiger partial charge in [0.1, 0.15) is 11.6 Å². The molecule has 0 saturated carbocycles. The zero-order valence-corrected chi connectivity index (χ0v) is 15.6. The average Bonchev–Trinajstić information content (AvgIpc) is 3.15. The molecule has 1 atom stereocenters. The molecule has 2 N–H and O–H groups in total. The van der Waals surface area contributed by atoms with Crippen molar-refractivity contribution < 1.29 is 14.9 Å². The van der Waals surface area contributed by atoms with Gasteiger partial charge in [-0.15, -0.1) is 5.10 Å². The standard InChI is InChI=1S/C18H22N4O3S/c1-11-19-18-22(20-11)17(24)16(26-18)15(21-9-7-13(23)8-10-21)12-3-5-14(25-2)6-4-12/h3-6,13,15,23-24H,7-10H2,1-2H3. The lowest BCUT2D eigenvalue weighted by atomic mass is 9.99. The molecule has 0 spiro atoms. The first-order valence-corrected chi connectivity index (χ1v) is 9.49. The Bertz CT molecular complexity index is 897. The molecule has 0 aliphatic carbocycles. The van der Waals surface area contributed by atoms with Gasteiger partial charge in [-0.25, -0.2) is 4.98 Å². The molecule has 0 radical (unpaired) electrons. The molecule has 1 saturated heterocycles. The minimum absolute atomic E-state index is 0.109. The normalized spacial score (nSPS) is 17.7. The molecule has 3 aromatic rings. The van der Waals surface area contributed by atoms with Crippen LogP contribution in [-0.4, -0.2) is 56.0 Å². The summed E-state index contributed by atoms with van der Waals surface area (Å²) in [5, 5.41) is 24.9. The van der Waals surface area contributed by atoms with Gasteiger partial charge in [0.25, 0.3) is 0 Å². The number of likely N-dealkylation sites (tertiary alicyclic amines) is 1. The van der Waals surface area contributed by atoms with Crippen molar-refractivity contribution in [3.8, 4) is 11.6 Å². The fourth-order valence-corrected chi connectivity index (χ4v) is 4.65. The number of hydrogen-bond donors (Lipinski definition) is 2. The highest BCUT2D eigenvalue weighted by Crippen LogP contribution is 2.41. The minimum Gasteiger partial charge on any atom is -0.497 e. The van der Waals surface area contributed by atoms with Gasteiger partial charge in [0.15, 0.2) is 0 Å². The molecule has 1 aromatic carbocycles. The van der Waals surface area contributed by atoms with Crippen LogP contribution in [0.1, 0.15) is 35.1 Å². The maximum atomic E-state index is 10.8. The van der Waals surface area contributed by atoms with E-state index in [1.165, 1.54) is 15.9 Å². The van der Waals surface area contributed by atoms with Gasteiger partial charge in [-0.2, -0.15) is 4.52 Å². The fraction of sp³-hybridized carbons (Fsp3) is 0.444. The lowest BCUT2D eigenvalue weighted by Gasteiger charge is -2.36. The van der Waals surface area contributed by atoms with E-state index in [1.807, 2.05) is 31.2 Å². The van der Waals surface area contributed by atoms with Crippen molar-refractivity contribution in [2.24, 2.45) is 0 Å². The number of nitrogens with zero attached hydrogens (tertiary/aromatic N) is 4. The Morgan fingerprint density at radius 2 is 1.92 bits per heavy atom. The Morgan fingerprint density at radius 1 is 1.23 bits per heavy atom. The summed E-state index contributed by atoms with van der Waals surface area (Å²) in [7, 11) is 1.65. The number of hydrogen-bond acceptors (Lipinski definition) is 7. The molecule has 8 heteroatoms. The van der Waals surface area contributed by atoms with Gasteiger partial charge in [0, 0.05) is 13.1 Å². The van der Waals surface area contributed by atoms with Crippen LogP contribution in [0.25, 0.3) is 4.96 Å². The molecule has 138 valence electrons. The summed E-state index contributed by atoms with van der Waals surface area (Å²) in [5.74, 6) is 1.57. The number of thiazole rings is 1. The third kappa shape index (κ3) is 3.04. The minimum atomic E-state index is -0.249. The molecule has 1 fully saturated rings. The van der Waals surface area contributed by atoms with Crippen molar-refractivity contribution in [3.63, 3.8) is 0 Å². The van der Waals surface area contributed by atoms with Crippen molar-refractivity contribution in [1.82, 2.24) is 19.5 Å². The average molecular weight is 374 g/mol. The highest BCUT2D eigenvalue weighted by Gasteiger charge is 2.31. The summed E-state index contributed by atoms with van der Waals surface area (Å²) in [5.41, 5.74) is 1.07. The molecule has 1 aliphatic rings. The van der Waals surface area contributed by atoms with Gasteiger partial charge in [-0.1, -0.05) is 23.5 Å². The van der Waals surface area contributed by atoms with Crippen molar-refractivity contribution in [2.75, 3.05) is 20.2 Å². The molecule has 26 heavy (non-hydrogen) atoms. The molecular weight excluding hydrogens is 352 g/mol. The van der Waals surface area contributed by atoms with Crippen LogP contribution in [0, 0.1) is 6.92 Å². The second-order valence-electron chi connectivity index (χ2n) is 6.59. The topological polar surface area (TPSA) is 83.1 Å². The van der Waals surface area contributed by atoms with Gasteiger partial charge in [0.05, 0.1) is 24.1 Å². The highest BCUT2D eigenvalue weighted by molar-refractivity contribution is 7.17. The van der Waals surface area contributed by atoms with E-state index in [1.54, 1.807) is 7.11 Å². The maximum absolute atomic E-state index is 10.8. The molecule has 1 aliphatic heterocycles. The zero-order chi connectivity index (χ0) is 18.3. The number of fused-ring (bicyclic) bond motifs is 1. The Hall–Kier alpha value is -2.16. The summed E-state index contributed by atoms with van der Waals surface area (Å²) in [6.45, 7) is 3.35. The Morgan fingerprint density at radius 3 is 2.54 bits per heavy atom. The molecule has 3 heterocycles. The molecule has 7 nitrogen and oxygen atoms in total. The molecular formula is C18H22N4O3S. The number of aromatic hydroxyl groups is 1. The van der Waals surface area contributed by atoms with Crippen molar-refractivity contribution in [2.45, 2.75) is 31.9 Å². The molecule has 0 amide bonds. The van der Waals surface area contributed by atoms with E-state index in [0.717, 1.165) is 42.1 Å². The van der Waals surface area contributed by atoms with E-state index in [4.69, 9.17) is 4.74 Å². The van der Waals surface area contributed by atoms with Crippen LogP contribution in [0.2, 0.25) is 0 Å². The van der Waals surface area contributed by atoms with E-state index in [9.17, 15) is 10.2 Å². The summed E-state index contributed by atoms with van der Waals surface area (Å²) < 4.78 is 6.77. The van der Waals surface area contributed by atoms with E-state index in [-0.39, 0.29) is 18.0 Å². The predicted octanol–water partition coefficient (Wildman–Crippen LogP) is 2.36. The summed E-state index contributed by atoms with van der Waals surface area (Å²) in [6, 6.07) is 7.80. The quantitative estimate of drug-likeness (QED) is 0.729. The number of ether oxygens (including phenoxy) is 1. The van der Waals surface area contributed by atoms with Crippen molar-refractivity contribution in [1.29, 1.82) is 0 Å². The second-order valence-corrected chi connectivity index (χ2v) is 7.60. The first-order valence-electron chi connectivity index (χ1n) is 8.68. The fourth-order valence-electron chi connectivity index (χ4n) is 3.48. The zero-order valence-electron chi connectivity index (χ0n) is 14.8. The van der Waals surface area contributed by atoms with Crippen LogP contribution in [0.4, 0.5) is 0 Å². The van der Waals surface area contributed by atoms with Crippen LogP contribution < -0.4 is 4.74 Å². The van der Waals surface area contributed by atoms with E-state index in [2.05, 4.69) is 15.0 Å². The van der Waals surface area contributed by atoms with E-state index in [0.29, 0.717) is 10.8 Å². The predicted molar refractivity (Wildman–Crippen MR) is 98.9 cm³/mol. The Balaban J connectivity index is 1.77. The van der Waals surface area contributed by atoms with Gasteiger partial charge < -0.3 is 14.9 Å². The number of benzene rings is 1. The first-order chi connectivity index (χ1) is 12.6. The number of methoxy groups -OCH3 is 1. The second kappa shape index (κ2) is 6.86. The number of aliphatic hydroxyl groups is 1. The SMILES string of the molecule is COc1ccc(C(c2sc3nc(C)nn3c2O)N2CCC(O)CC2)cc1. The number of aromatic nitrogens is 3. The van der Waals surface area contributed by atoms with Crippen LogP contribution in [0.5, 0.6) is 11.6 Å². The van der Waals surface area contributed by atoms with Gasteiger partial charge in [-0.05, 0) is 37.5 Å². The monoisotopic (exact) mass is 374 g/mol. The lowest BCUT2D eigenvalue weighted by molar-refractivity contribution is 0.0689. The maximum Gasteiger partial charge on any atom is 0.230 e. The lowest BCUT2D eigenvalue weighted by Crippen LogP contribution is -2.38. The number of rotatable bonds is 4. The van der Waals surface area contributed by atoms with Gasteiger partial charge in [0.2, 0.25) is 10.8 Å². The van der Waals surface area contributed by atoms with Gasteiger partial charge in [-0.3, -0.25) is 4.90 Å². The highest BCUT2D eigenvalue weighted by atomic mass is 32.1. The molecule has 1 unspecified atom stereocenters. The van der Waals surface area contributed by atoms with Crippen LogP contribution in [0.3, 0.4) is 0 Å². The largest absolute Gasteiger partial charge is 0.497 e. The van der Waals surface area contributed by atoms with Gasteiger partial charge >= 0.3 is 0 Å². The summed E-state index contributed by atoms with van der Waals surface area (Å²) in [6.07, 6.45) is 1.21. The van der Waals surface area contributed by atoms with E-state index < -0.39 is 0 Å². The van der Waals surface area contributed by atoms with Crippen molar-refractivity contribution >= 4 is 16.3 Å². The van der Waals surface area contributed by atoms with Crippen LogP contribution in [-0.2, 0) is 0 Å². The molecule has 4 rings (SSSR count). The third-order valence-electron chi connectivity index (χ3n) is 4.85. The van der Waals surface area contributed by atoms with Crippen LogP contribution in [0.15, 0.2) is 24.3 Å². The third-order valence-corrected chi connectivity index (χ3v) is 5.92. The number of aliphatic hydroxyl groups excluding tert-OH is 1. The summed E-state index contributed by atoms with van der Waals surface area (Å²) >= 11 is 1.46. The Kier molecular flexibility index (Phi) is 4.56. The van der Waals surface area contributed by atoms with Crippen molar-refractivity contribution in [3.05, 3.63) is 40.5 Å².